The summed E-state index contributed by atoms with van der Waals surface area (Å²) < 4.78 is 10.3. The molecule has 2 amide bonds. The number of hydrogen-bond acceptors (Lipinski definition) is 5. The molecule has 7 nitrogen and oxygen atoms in total. The van der Waals surface area contributed by atoms with E-state index in [4.69, 9.17) is 9.15 Å². The summed E-state index contributed by atoms with van der Waals surface area (Å²) in [6.45, 7) is 2.94. The highest BCUT2D eigenvalue weighted by molar-refractivity contribution is 5.95. The van der Waals surface area contributed by atoms with Crippen LogP contribution in [0.5, 0.6) is 0 Å². The fourth-order valence-corrected chi connectivity index (χ4v) is 3.54. The molecule has 1 N–H and O–H groups in total. The number of benzene rings is 1. The van der Waals surface area contributed by atoms with Crippen LogP contribution >= 0.6 is 0 Å². The summed E-state index contributed by atoms with van der Waals surface area (Å²) in [5.74, 6) is -1.10. The molecule has 1 fully saturated rings. The van der Waals surface area contributed by atoms with Gasteiger partial charge in [-0.15, -0.1) is 0 Å². The molecule has 0 aliphatic carbocycles. The van der Waals surface area contributed by atoms with Crippen LogP contribution in [0.3, 0.4) is 0 Å². The van der Waals surface area contributed by atoms with Gasteiger partial charge in [-0.1, -0.05) is 30.3 Å². The topological polar surface area (TPSA) is 88.9 Å². The molecule has 154 valence electrons. The lowest BCUT2D eigenvalue weighted by molar-refractivity contribution is -0.151. The van der Waals surface area contributed by atoms with E-state index in [1.165, 1.54) is 6.26 Å². The number of amides is 2. The van der Waals surface area contributed by atoms with Crippen molar-refractivity contribution < 1.29 is 23.5 Å². The van der Waals surface area contributed by atoms with Crippen LogP contribution in [-0.4, -0.2) is 48.4 Å². The largest absolute Gasteiger partial charge is 0.466 e. The summed E-state index contributed by atoms with van der Waals surface area (Å²) in [5.41, 5.74) is 0.935. The quantitative estimate of drug-likeness (QED) is 0.724. The zero-order valence-electron chi connectivity index (χ0n) is 16.5. The van der Waals surface area contributed by atoms with Crippen LogP contribution < -0.4 is 5.32 Å². The van der Waals surface area contributed by atoms with Gasteiger partial charge in [0.1, 0.15) is 6.04 Å². The molecule has 1 aromatic heterocycles. The van der Waals surface area contributed by atoms with Crippen LogP contribution in [0.15, 0.2) is 53.1 Å². The Labute approximate surface area is 170 Å². The minimum Gasteiger partial charge on any atom is -0.466 e. The number of nitrogens with one attached hydrogen (secondary N) is 1. The van der Waals surface area contributed by atoms with E-state index >= 15 is 0 Å². The standard InChI is InChI=1S/C22H26N2O5/c1-2-28-22(27)17-10-6-12-24(15-17)21(26)18(14-16-8-4-3-5-9-16)23-20(25)19-11-7-13-29-19/h3-5,7-9,11,13,17-18H,2,6,10,12,14-15H2,1H3,(H,23,25). The molecule has 2 aromatic rings. The number of piperidine rings is 1. The van der Waals surface area contributed by atoms with Crippen LogP contribution in [0.2, 0.25) is 0 Å². The molecule has 2 atom stereocenters. The molecule has 0 saturated carbocycles. The lowest BCUT2D eigenvalue weighted by atomic mass is 9.96. The molecule has 0 spiro atoms. The van der Waals surface area contributed by atoms with Crippen molar-refractivity contribution >= 4 is 17.8 Å². The summed E-state index contributed by atoms with van der Waals surface area (Å²) in [6.07, 6.45) is 3.19. The fourth-order valence-electron chi connectivity index (χ4n) is 3.54. The van der Waals surface area contributed by atoms with E-state index < -0.39 is 11.9 Å². The minimum absolute atomic E-state index is 0.152. The van der Waals surface area contributed by atoms with Gasteiger partial charge in [0.25, 0.3) is 5.91 Å². The van der Waals surface area contributed by atoms with E-state index in [0.29, 0.717) is 32.5 Å². The maximum Gasteiger partial charge on any atom is 0.310 e. The molecule has 7 heteroatoms. The van der Waals surface area contributed by atoms with E-state index in [1.54, 1.807) is 24.0 Å². The van der Waals surface area contributed by atoms with Crippen LogP contribution in [0.25, 0.3) is 0 Å². The molecule has 29 heavy (non-hydrogen) atoms. The molecule has 1 aromatic carbocycles. The number of rotatable bonds is 7. The number of esters is 1. The molecule has 2 heterocycles. The summed E-state index contributed by atoms with van der Waals surface area (Å²) in [4.78, 5) is 39.5. The van der Waals surface area contributed by atoms with Crippen molar-refractivity contribution in [3.05, 3.63) is 60.1 Å². The van der Waals surface area contributed by atoms with Gasteiger partial charge in [0, 0.05) is 19.5 Å². The Morgan fingerprint density at radius 2 is 2.00 bits per heavy atom. The average molecular weight is 398 g/mol. The van der Waals surface area contributed by atoms with Gasteiger partial charge in [-0.05, 0) is 37.5 Å². The normalized spacial score (nSPS) is 17.4. The molecule has 1 aliphatic rings. The molecular formula is C22H26N2O5. The average Bonchev–Trinajstić information content (AvgIpc) is 3.29. The number of nitrogens with zero attached hydrogens (tertiary/aromatic N) is 1. The molecule has 3 rings (SSSR count). The highest BCUT2D eigenvalue weighted by atomic mass is 16.5. The van der Waals surface area contributed by atoms with Crippen molar-refractivity contribution in [3.63, 3.8) is 0 Å². The summed E-state index contributed by atoms with van der Waals surface area (Å²) >= 11 is 0. The SMILES string of the molecule is CCOC(=O)C1CCCN(C(=O)C(Cc2ccccc2)NC(=O)c2ccco2)C1. The second-order valence-corrected chi connectivity index (χ2v) is 7.07. The van der Waals surface area contributed by atoms with Crippen molar-refractivity contribution in [2.24, 2.45) is 5.92 Å². The summed E-state index contributed by atoms with van der Waals surface area (Å²) in [7, 11) is 0. The van der Waals surface area contributed by atoms with Crippen molar-refractivity contribution in [3.8, 4) is 0 Å². The third kappa shape index (κ3) is 5.47. The van der Waals surface area contributed by atoms with E-state index in [9.17, 15) is 14.4 Å². The zero-order valence-corrected chi connectivity index (χ0v) is 16.5. The number of carbonyl (C=O) groups is 3. The van der Waals surface area contributed by atoms with Gasteiger partial charge in [-0.3, -0.25) is 14.4 Å². The van der Waals surface area contributed by atoms with Crippen molar-refractivity contribution in [1.29, 1.82) is 0 Å². The number of furan rings is 1. The second kappa shape index (κ2) is 9.91. The first-order valence-electron chi connectivity index (χ1n) is 9.92. The van der Waals surface area contributed by atoms with Crippen LogP contribution in [0.1, 0.15) is 35.9 Å². The number of likely N-dealkylation sites (tertiary alicyclic amines) is 1. The number of carbonyl (C=O) groups excluding carboxylic acids is 3. The van der Waals surface area contributed by atoms with E-state index in [0.717, 1.165) is 12.0 Å². The summed E-state index contributed by atoms with van der Waals surface area (Å²) in [6, 6.07) is 11.9. The van der Waals surface area contributed by atoms with E-state index in [1.807, 2.05) is 30.3 Å². The van der Waals surface area contributed by atoms with E-state index in [2.05, 4.69) is 5.32 Å². The Morgan fingerprint density at radius 3 is 2.69 bits per heavy atom. The van der Waals surface area contributed by atoms with Gasteiger partial charge in [-0.2, -0.15) is 0 Å². The van der Waals surface area contributed by atoms with E-state index in [-0.39, 0.29) is 23.6 Å². The first-order chi connectivity index (χ1) is 14.1. The van der Waals surface area contributed by atoms with Crippen LogP contribution in [0.4, 0.5) is 0 Å². The predicted octanol–water partition coefficient (Wildman–Crippen LogP) is 2.42. The smallest absolute Gasteiger partial charge is 0.310 e. The number of ether oxygens (including phenoxy) is 1. The molecule has 0 radical (unpaired) electrons. The van der Waals surface area contributed by atoms with Crippen LogP contribution in [-0.2, 0) is 20.7 Å². The molecule has 2 unspecified atom stereocenters. The third-order valence-corrected chi connectivity index (χ3v) is 4.98. The monoisotopic (exact) mass is 398 g/mol. The summed E-state index contributed by atoms with van der Waals surface area (Å²) in [5, 5.41) is 2.79. The van der Waals surface area contributed by atoms with Gasteiger partial charge >= 0.3 is 5.97 Å². The maximum absolute atomic E-state index is 13.3. The zero-order chi connectivity index (χ0) is 20.6. The van der Waals surface area contributed by atoms with Gasteiger partial charge in [-0.25, -0.2) is 0 Å². The third-order valence-electron chi connectivity index (χ3n) is 4.98. The highest BCUT2D eigenvalue weighted by Gasteiger charge is 2.33. The highest BCUT2D eigenvalue weighted by Crippen LogP contribution is 2.19. The molecular weight excluding hydrogens is 372 g/mol. The maximum atomic E-state index is 13.3. The molecule has 1 saturated heterocycles. The van der Waals surface area contributed by atoms with Crippen molar-refractivity contribution in [1.82, 2.24) is 10.2 Å². The van der Waals surface area contributed by atoms with Crippen molar-refractivity contribution in [2.75, 3.05) is 19.7 Å². The Morgan fingerprint density at radius 1 is 1.21 bits per heavy atom. The van der Waals surface area contributed by atoms with Gasteiger partial charge in [0.2, 0.25) is 5.91 Å². The van der Waals surface area contributed by atoms with Gasteiger partial charge in [0.05, 0.1) is 18.8 Å². The first kappa shape index (κ1) is 20.6. The fraction of sp³-hybridized carbons (Fsp3) is 0.409. The Balaban J connectivity index is 1.74. The molecule has 0 bridgehead atoms. The van der Waals surface area contributed by atoms with Gasteiger partial charge in [0.15, 0.2) is 5.76 Å². The van der Waals surface area contributed by atoms with Crippen LogP contribution in [0, 0.1) is 5.92 Å². The number of hydrogen-bond donors (Lipinski definition) is 1. The lowest BCUT2D eigenvalue weighted by Crippen LogP contribution is -2.53. The second-order valence-electron chi connectivity index (χ2n) is 7.07. The predicted molar refractivity (Wildman–Crippen MR) is 106 cm³/mol. The Bertz CT molecular complexity index is 819. The molecule has 1 aliphatic heterocycles. The van der Waals surface area contributed by atoms with Gasteiger partial charge < -0.3 is 19.4 Å². The Hall–Kier alpha value is -3.09. The van der Waals surface area contributed by atoms with Crippen molar-refractivity contribution in [2.45, 2.75) is 32.2 Å². The Kier molecular flexibility index (Phi) is 7.05. The minimum atomic E-state index is -0.754. The first-order valence-corrected chi connectivity index (χ1v) is 9.92. The lowest BCUT2D eigenvalue weighted by Gasteiger charge is -2.34.